The molecule has 1 aromatic carbocycles. The Morgan fingerprint density at radius 2 is 1.93 bits per heavy atom. The van der Waals surface area contributed by atoms with Gasteiger partial charge in [-0.1, -0.05) is 42.5 Å². The fraction of sp³-hybridized carbons (Fsp3) is 0.136. The quantitative estimate of drug-likeness (QED) is 0.272. The van der Waals surface area contributed by atoms with Crippen LogP contribution in [0.15, 0.2) is 84.6 Å². The Balaban J connectivity index is 2.62. The number of aromatic nitrogens is 1. The smallest absolute Gasteiger partial charge is 0.225 e. The number of rotatable bonds is 9. The van der Waals surface area contributed by atoms with E-state index in [-0.39, 0.29) is 11.1 Å². The molecular weight excluding hydrogens is 388 g/mol. The molecule has 0 fully saturated rings. The van der Waals surface area contributed by atoms with Crippen LogP contribution >= 0.6 is 11.6 Å². The third kappa shape index (κ3) is 5.80. The normalized spacial score (nSPS) is 12.3. The summed E-state index contributed by atoms with van der Waals surface area (Å²) < 4.78 is 10.8. The van der Waals surface area contributed by atoms with Gasteiger partial charge in [0.2, 0.25) is 5.88 Å². The second-order valence-electron chi connectivity index (χ2n) is 5.75. The summed E-state index contributed by atoms with van der Waals surface area (Å²) in [5, 5.41) is 14.0. The minimum Gasteiger partial charge on any atom is -0.497 e. The Hall–Kier alpha value is -3.38. The monoisotopic (exact) mass is 410 g/mol. The Bertz CT molecular complexity index is 935. The van der Waals surface area contributed by atoms with E-state index in [0.717, 1.165) is 0 Å². The first kappa shape index (κ1) is 21.9. The van der Waals surface area contributed by atoms with Crippen molar-refractivity contribution < 1.29 is 9.47 Å². The molecule has 1 heterocycles. The molecule has 150 valence electrons. The predicted octanol–water partition coefficient (Wildman–Crippen LogP) is 5.05. The number of hydrogen-bond acceptors (Lipinski definition) is 6. The molecule has 0 spiro atoms. The number of hydrogen-bond donors (Lipinski definition) is 1. The molecule has 2 aromatic rings. The van der Waals surface area contributed by atoms with Crippen LogP contribution in [0.25, 0.3) is 5.57 Å². The van der Waals surface area contributed by atoms with Crippen molar-refractivity contribution in [1.29, 1.82) is 5.41 Å². The van der Waals surface area contributed by atoms with Gasteiger partial charge in [0.05, 0.1) is 31.2 Å². The number of hydrazone groups is 1. The number of nitrogens with zero attached hydrogens (tertiary/aromatic N) is 3. The van der Waals surface area contributed by atoms with Crippen molar-refractivity contribution in [2.45, 2.75) is 6.92 Å². The number of nitrogens with one attached hydrogen (secondary N) is 1. The van der Waals surface area contributed by atoms with Gasteiger partial charge in [-0.15, -0.1) is 0 Å². The zero-order valence-electron chi connectivity index (χ0n) is 16.6. The van der Waals surface area contributed by atoms with Gasteiger partial charge in [-0.25, -0.2) is 5.01 Å². The molecule has 0 amide bonds. The summed E-state index contributed by atoms with van der Waals surface area (Å²) in [5.41, 5.74) is 2.43. The van der Waals surface area contributed by atoms with Gasteiger partial charge in [0.25, 0.3) is 0 Å². The molecule has 0 radical (unpaired) electrons. The van der Waals surface area contributed by atoms with E-state index in [1.54, 1.807) is 55.9 Å². The minimum atomic E-state index is -0.185. The SMILES string of the molecule is C=C/C=C\N(/N=C(\C)c1ccccn1)/C(OC)=C(\C(=N)Cl)c1ccc(OC)cc1. The van der Waals surface area contributed by atoms with Crippen molar-refractivity contribution in [2.24, 2.45) is 5.10 Å². The van der Waals surface area contributed by atoms with Crippen LogP contribution in [-0.4, -0.2) is 35.1 Å². The molecule has 1 N–H and O–H groups in total. The van der Waals surface area contributed by atoms with Crippen molar-refractivity contribution in [3.63, 3.8) is 0 Å². The highest BCUT2D eigenvalue weighted by atomic mass is 35.5. The van der Waals surface area contributed by atoms with E-state index in [4.69, 9.17) is 26.5 Å². The lowest BCUT2D eigenvalue weighted by Crippen LogP contribution is -2.18. The Labute approximate surface area is 175 Å². The second kappa shape index (κ2) is 10.8. The van der Waals surface area contributed by atoms with Crippen molar-refractivity contribution >= 4 is 28.1 Å². The topological polar surface area (TPSA) is 70.8 Å². The van der Waals surface area contributed by atoms with Crippen LogP contribution in [0.5, 0.6) is 5.75 Å². The molecule has 0 aliphatic heterocycles. The van der Waals surface area contributed by atoms with Crippen LogP contribution in [0.1, 0.15) is 18.2 Å². The van der Waals surface area contributed by atoms with Gasteiger partial charge in [-0.05, 0) is 42.8 Å². The van der Waals surface area contributed by atoms with Gasteiger partial charge < -0.3 is 9.47 Å². The Morgan fingerprint density at radius 1 is 1.21 bits per heavy atom. The van der Waals surface area contributed by atoms with Crippen LogP contribution in [-0.2, 0) is 4.74 Å². The lowest BCUT2D eigenvalue weighted by molar-refractivity contribution is 0.196. The van der Waals surface area contributed by atoms with Crippen LogP contribution in [0, 0.1) is 5.41 Å². The highest BCUT2D eigenvalue weighted by Gasteiger charge is 2.19. The third-order valence-electron chi connectivity index (χ3n) is 3.87. The molecule has 0 atom stereocenters. The maximum absolute atomic E-state index is 8.10. The van der Waals surface area contributed by atoms with E-state index in [9.17, 15) is 0 Å². The fourth-order valence-corrected chi connectivity index (χ4v) is 2.68. The predicted molar refractivity (Wildman–Crippen MR) is 118 cm³/mol. The molecule has 2 rings (SSSR count). The third-order valence-corrected chi connectivity index (χ3v) is 4.06. The average Bonchev–Trinajstić information content (AvgIpc) is 2.75. The zero-order valence-corrected chi connectivity index (χ0v) is 17.3. The molecule has 6 nitrogen and oxygen atoms in total. The maximum Gasteiger partial charge on any atom is 0.225 e. The van der Waals surface area contributed by atoms with Gasteiger partial charge in [0.1, 0.15) is 10.9 Å². The van der Waals surface area contributed by atoms with Crippen LogP contribution < -0.4 is 4.74 Å². The highest BCUT2D eigenvalue weighted by molar-refractivity contribution is 6.75. The number of methoxy groups -OCH3 is 2. The standard InChI is InChI=1S/C22H23ClN4O2/c1-5-6-15-27(26-16(2)19-9-7-8-14-25-19)22(29-4)20(21(23)24)17-10-12-18(28-3)13-11-17/h5-15,24H,1H2,2-4H3/b15-6-,22-20+,24-21?,26-16+. The van der Waals surface area contributed by atoms with Crippen LogP contribution in [0.2, 0.25) is 0 Å². The highest BCUT2D eigenvalue weighted by Crippen LogP contribution is 2.27. The van der Waals surface area contributed by atoms with Crippen molar-refractivity contribution in [2.75, 3.05) is 14.2 Å². The molecule has 7 heteroatoms. The molecule has 0 aliphatic rings. The Kier molecular flexibility index (Phi) is 8.18. The molecule has 0 aliphatic carbocycles. The van der Waals surface area contributed by atoms with E-state index >= 15 is 0 Å². The zero-order chi connectivity index (χ0) is 21.2. The second-order valence-corrected chi connectivity index (χ2v) is 6.13. The van der Waals surface area contributed by atoms with E-state index in [1.165, 1.54) is 12.1 Å². The molecule has 1 aromatic heterocycles. The number of allylic oxidation sites excluding steroid dienone is 3. The average molecular weight is 411 g/mol. The molecular formula is C22H23ClN4O2. The van der Waals surface area contributed by atoms with E-state index in [0.29, 0.717) is 28.3 Å². The van der Waals surface area contributed by atoms with E-state index < -0.39 is 0 Å². The van der Waals surface area contributed by atoms with Gasteiger partial charge in [-0.3, -0.25) is 10.4 Å². The maximum atomic E-state index is 8.10. The summed E-state index contributed by atoms with van der Waals surface area (Å²) in [7, 11) is 3.09. The first-order chi connectivity index (χ1) is 14.0. The summed E-state index contributed by atoms with van der Waals surface area (Å²) in [6.07, 6.45) is 6.69. The summed E-state index contributed by atoms with van der Waals surface area (Å²) in [4.78, 5) is 4.31. The lowest BCUT2D eigenvalue weighted by Gasteiger charge is -2.21. The molecule has 0 bridgehead atoms. The minimum absolute atomic E-state index is 0.185. The van der Waals surface area contributed by atoms with Gasteiger partial charge in [-0.2, -0.15) is 5.10 Å². The van der Waals surface area contributed by atoms with Crippen molar-refractivity contribution in [3.05, 3.63) is 90.7 Å². The van der Waals surface area contributed by atoms with Gasteiger partial charge in [0.15, 0.2) is 0 Å². The molecule has 29 heavy (non-hydrogen) atoms. The Morgan fingerprint density at radius 3 is 2.45 bits per heavy atom. The number of ether oxygens (including phenoxy) is 2. The van der Waals surface area contributed by atoms with E-state index in [1.807, 2.05) is 25.1 Å². The van der Waals surface area contributed by atoms with E-state index in [2.05, 4.69) is 16.7 Å². The van der Waals surface area contributed by atoms with Gasteiger partial charge in [0, 0.05) is 12.4 Å². The fourth-order valence-electron chi connectivity index (χ4n) is 2.49. The van der Waals surface area contributed by atoms with Crippen molar-refractivity contribution in [3.8, 4) is 5.75 Å². The summed E-state index contributed by atoms with van der Waals surface area (Å²) in [6, 6.07) is 12.8. The largest absolute Gasteiger partial charge is 0.497 e. The lowest BCUT2D eigenvalue weighted by atomic mass is 10.1. The van der Waals surface area contributed by atoms with Crippen molar-refractivity contribution in [1.82, 2.24) is 9.99 Å². The molecule has 0 saturated carbocycles. The summed E-state index contributed by atoms with van der Waals surface area (Å²) >= 11 is 6.14. The molecule has 0 unspecified atom stereocenters. The number of halogens is 1. The number of pyridine rings is 1. The van der Waals surface area contributed by atoms with Crippen LogP contribution in [0.3, 0.4) is 0 Å². The summed E-state index contributed by atoms with van der Waals surface area (Å²) in [6.45, 7) is 5.54. The number of benzene rings is 1. The first-order valence-corrected chi connectivity index (χ1v) is 9.11. The van der Waals surface area contributed by atoms with Crippen LogP contribution in [0.4, 0.5) is 0 Å². The van der Waals surface area contributed by atoms with Gasteiger partial charge >= 0.3 is 0 Å². The summed E-state index contributed by atoms with van der Waals surface area (Å²) in [5.74, 6) is 0.976. The first-order valence-electron chi connectivity index (χ1n) is 8.74. The molecule has 0 saturated heterocycles.